The smallest absolute Gasteiger partial charge is 0.233 e. The number of hydrogen-bond donors (Lipinski definition) is 0. The minimum atomic E-state index is 0.273. The van der Waals surface area contributed by atoms with Crippen molar-refractivity contribution in [1.82, 2.24) is 4.90 Å². The molecule has 3 heteroatoms. The molecule has 1 aliphatic carbocycles. The number of carbonyl (C=O) groups excluding carboxylic acids is 1. The summed E-state index contributed by atoms with van der Waals surface area (Å²) < 4.78 is 0. The number of hydrogen-bond acceptors (Lipinski definition) is 1. The summed E-state index contributed by atoms with van der Waals surface area (Å²) >= 11 is 3.23. The second-order valence-corrected chi connectivity index (χ2v) is 4.80. The molecule has 74 valence electrons. The largest absolute Gasteiger partial charge is 0.341 e. The Hall–Kier alpha value is -0.0500. The molecule has 1 saturated heterocycles. The van der Waals surface area contributed by atoms with E-state index in [4.69, 9.17) is 0 Å². The fourth-order valence-electron chi connectivity index (χ4n) is 2.69. The summed E-state index contributed by atoms with van der Waals surface area (Å²) in [5, 5.41) is 0.492. The summed E-state index contributed by atoms with van der Waals surface area (Å²) in [4.78, 5) is 13.5. The molecule has 1 amide bonds. The van der Waals surface area contributed by atoms with Gasteiger partial charge in [0.1, 0.15) is 0 Å². The fraction of sp³-hybridized carbons (Fsp3) is 0.900. The maximum absolute atomic E-state index is 11.4. The first kappa shape index (κ1) is 9.50. The lowest BCUT2D eigenvalue weighted by molar-refractivity contribution is -0.127. The van der Waals surface area contributed by atoms with E-state index in [1.165, 1.54) is 25.7 Å². The van der Waals surface area contributed by atoms with E-state index < -0.39 is 0 Å². The van der Waals surface area contributed by atoms with E-state index in [2.05, 4.69) is 15.9 Å². The SMILES string of the molecule is O=C(CBr)N1CC2CCCCC2C1. The molecular formula is C10H16BrNO. The van der Waals surface area contributed by atoms with Crippen LogP contribution >= 0.6 is 15.9 Å². The molecule has 2 nitrogen and oxygen atoms in total. The van der Waals surface area contributed by atoms with E-state index in [0.717, 1.165) is 24.9 Å². The average molecular weight is 246 g/mol. The third kappa shape index (κ3) is 1.90. The number of likely N-dealkylation sites (tertiary alicyclic amines) is 1. The summed E-state index contributed by atoms with van der Waals surface area (Å²) in [6.07, 6.45) is 5.43. The number of alkyl halides is 1. The lowest BCUT2D eigenvalue weighted by Crippen LogP contribution is -2.29. The Morgan fingerprint density at radius 1 is 1.23 bits per heavy atom. The van der Waals surface area contributed by atoms with Gasteiger partial charge < -0.3 is 4.90 Å². The molecule has 0 spiro atoms. The lowest BCUT2D eigenvalue weighted by atomic mass is 9.82. The van der Waals surface area contributed by atoms with Crippen LogP contribution in [0.1, 0.15) is 25.7 Å². The predicted octanol–water partition coefficient (Wildman–Crippen LogP) is 2.03. The monoisotopic (exact) mass is 245 g/mol. The van der Waals surface area contributed by atoms with E-state index in [1.54, 1.807) is 0 Å². The van der Waals surface area contributed by atoms with E-state index in [9.17, 15) is 4.79 Å². The van der Waals surface area contributed by atoms with Crippen LogP contribution in [0.4, 0.5) is 0 Å². The molecular weight excluding hydrogens is 230 g/mol. The van der Waals surface area contributed by atoms with E-state index in [0.29, 0.717) is 5.33 Å². The average Bonchev–Trinajstić information content (AvgIpc) is 2.59. The van der Waals surface area contributed by atoms with Crippen LogP contribution in [0.25, 0.3) is 0 Å². The van der Waals surface area contributed by atoms with Crippen molar-refractivity contribution in [2.45, 2.75) is 25.7 Å². The molecule has 2 atom stereocenters. The number of amides is 1. The molecule has 1 saturated carbocycles. The highest BCUT2D eigenvalue weighted by Gasteiger charge is 2.35. The molecule has 1 aliphatic heterocycles. The number of nitrogens with zero attached hydrogens (tertiary/aromatic N) is 1. The van der Waals surface area contributed by atoms with Gasteiger partial charge in [0.25, 0.3) is 0 Å². The Bertz CT molecular complexity index is 193. The van der Waals surface area contributed by atoms with Gasteiger partial charge >= 0.3 is 0 Å². The van der Waals surface area contributed by atoms with Crippen LogP contribution in [-0.4, -0.2) is 29.2 Å². The van der Waals surface area contributed by atoms with Gasteiger partial charge in [0.15, 0.2) is 0 Å². The Labute approximate surface area is 87.8 Å². The Balaban J connectivity index is 1.94. The van der Waals surface area contributed by atoms with Crippen LogP contribution in [-0.2, 0) is 4.79 Å². The third-order valence-corrected chi connectivity index (χ3v) is 3.92. The standard InChI is InChI=1S/C10H16BrNO/c11-5-10(13)12-6-8-3-1-2-4-9(8)7-12/h8-9H,1-7H2. The van der Waals surface area contributed by atoms with Gasteiger partial charge in [-0.05, 0) is 24.7 Å². The van der Waals surface area contributed by atoms with E-state index in [-0.39, 0.29) is 5.91 Å². The quantitative estimate of drug-likeness (QED) is 0.648. The molecule has 1 heterocycles. The molecule has 0 radical (unpaired) electrons. The normalized spacial score (nSPS) is 33.2. The molecule has 2 rings (SSSR count). The summed E-state index contributed by atoms with van der Waals surface area (Å²) in [6, 6.07) is 0. The van der Waals surface area contributed by atoms with Crippen molar-refractivity contribution < 1.29 is 4.79 Å². The summed E-state index contributed by atoms with van der Waals surface area (Å²) in [7, 11) is 0. The van der Waals surface area contributed by atoms with Crippen LogP contribution in [0.15, 0.2) is 0 Å². The molecule has 13 heavy (non-hydrogen) atoms. The van der Waals surface area contributed by atoms with Crippen molar-refractivity contribution in [2.24, 2.45) is 11.8 Å². The van der Waals surface area contributed by atoms with Crippen LogP contribution in [0.3, 0.4) is 0 Å². The zero-order valence-corrected chi connectivity index (χ0v) is 9.42. The second kappa shape index (κ2) is 3.99. The zero-order valence-electron chi connectivity index (χ0n) is 7.84. The van der Waals surface area contributed by atoms with Crippen molar-refractivity contribution >= 4 is 21.8 Å². The maximum atomic E-state index is 11.4. The predicted molar refractivity (Wildman–Crippen MR) is 55.8 cm³/mol. The van der Waals surface area contributed by atoms with E-state index >= 15 is 0 Å². The first-order chi connectivity index (χ1) is 6.31. The van der Waals surface area contributed by atoms with Gasteiger partial charge in [-0.1, -0.05) is 28.8 Å². The number of halogens is 1. The molecule has 0 bridgehead atoms. The van der Waals surface area contributed by atoms with Gasteiger partial charge in [-0.15, -0.1) is 0 Å². The second-order valence-electron chi connectivity index (χ2n) is 4.24. The van der Waals surface area contributed by atoms with Crippen molar-refractivity contribution in [1.29, 1.82) is 0 Å². The topological polar surface area (TPSA) is 20.3 Å². The van der Waals surface area contributed by atoms with Crippen LogP contribution < -0.4 is 0 Å². The molecule has 0 aromatic heterocycles. The van der Waals surface area contributed by atoms with Gasteiger partial charge in [-0.25, -0.2) is 0 Å². The summed E-state index contributed by atoms with van der Waals surface area (Å²) in [5.41, 5.74) is 0. The van der Waals surface area contributed by atoms with Gasteiger partial charge in [0.05, 0.1) is 5.33 Å². The highest BCUT2D eigenvalue weighted by Crippen LogP contribution is 2.35. The van der Waals surface area contributed by atoms with Gasteiger partial charge in [0.2, 0.25) is 5.91 Å². The van der Waals surface area contributed by atoms with Crippen molar-refractivity contribution in [2.75, 3.05) is 18.4 Å². The first-order valence-electron chi connectivity index (χ1n) is 5.15. The minimum absolute atomic E-state index is 0.273. The Morgan fingerprint density at radius 3 is 2.23 bits per heavy atom. The molecule has 2 aliphatic rings. The third-order valence-electron chi connectivity index (χ3n) is 3.44. The first-order valence-corrected chi connectivity index (χ1v) is 6.27. The van der Waals surface area contributed by atoms with Gasteiger partial charge in [0, 0.05) is 13.1 Å². The molecule has 2 unspecified atom stereocenters. The maximum Gasteiger partial charge on any atom is 0.233 e. The van der Waals surface area contributed by atoms with Crippen LogP contribution in [0.2, 0.25) is 0 Å². The van der Waals surface area contributed by atoms with Crippen LogP contribution in [0.5, 0.6) is 0 Å². The molecule has 2 fully saturated rings. The highest BCUT2D eigenvalue weighted by atomic mass is 79.9. The fourth-order valence-corrected chi connectivity index (χ4v) is 3.05. The number of carbonyl (C=O) groups is 1. The van der Waals surface area contributed by atoms with E-state index in [1.807, 2.05) is 4.90 Å². The van der Waals surface area contributed by atoms with Gasteiger partial charge in [-0.3, -0.25) is 4.79 Å². The highest BCUT2D eigenvalue weighted by molar-refractivity contribution is 9.09. The number of rotatable bonds is 1. The lowest BCUT2D eigenvalue weighted by Gasteiger charge is -2.22. The molecule has 0 aromatic carbocycles. The van der Waals surface area contributed by atoms with Crippen molar-refractivity contribution in [3.63, 3.8) is 0 Å². The number of fused-ring (bicyclic) bond motifs is 1. The Morgan fingerprint density at radius 2 is 1.77 bits per heavy atom. The Kier molecular flexibility index (Phi) is 2.92. The van der Waals surface area contributed by atoms with Crippen molar-refractivity contribution in [3.8, 4) is 0 Å². The molecule has 0 N–H and O–H groups in total. The van der Waals surface area contributed by atoms with Crippen molar-refractivity contribution in [3.05, 3.63) is 0 Å². The zero-order chi connectivity index (χ0) is 9.26. The van der Waals surface area contributed by atoms with Crippen LogP contribution in [0, 0.1) is 11.8 Å². The summed E-state index contributed by atoms with van der Waals surface area (Å²) in [5.74, 6) is 1.91. The minimum Gasteiger partial charge on any atom is -0.341 e. The molecule has 0 aromatic rings. The van der Waals surface area contributed by atoms with Gasteiger partial charge in [-0.2, -0.15) is 0 Å². The summed E-state index contributed by atoms with van der Waals surface area (Å²) in [6.45, 7) is 2.05.